The van der Waals surface area contributed by atoms with Gasteiger partial charge in [0.25, 0.3) is 0 Å². The predicted octanol–water partition coefficient (Wildman–Crippen LogP) is 3.73. The summed E-state index contributed by atoms with van der Waals surface area (Å²) in [6.45, 7) is 0. The van der Waals surface area contributed by atoms with E-state index in [-0.39, 0.29) is 5.82 Å². The van der Waals surface area contributed by atoms with Gasteiger partial charge >= 0.3 is 0 Å². The highest BCUT2D eigenvalue weighted by Gasteiger charge is 2.14. The van der Waals surface area contributed by atoms with Crippen molar-refractivity contribution in [1.29, 1.82) is 0 Å². The maximum absolute atomic E-state index is 13.7. The minimum absolute atomic E-state index is 0.295. The fraction of sp³-hybridized carbons (Fsp3) is 0.200. The predicted molar refractivity (Wildman–Crippen MR) is 75.0 cm³/mol. The highest BCUT2D eigenvalue weighted by atomic mass is 35.5. The van der Waals surface area contributed by atoms with Gasteiger partial charge in [-0.25, -0.2) is 4.39 Å². The third-order valence-corrected chi connectivity index (χ3v) is 3.22. The summed E-state index contributed by atoms with van der Waals surface area (Å²) in [5.74, 6) is 0.409. The molecule has 19 heavy (non-hydrogen) atoms. The van der Waals surface area contributed by atoms with Crippen LogP contribution in [0.3, 0.4) is 0 Å². The van der Waals surface area contributed by atoms with E-state index < -0.39 is 6.04 Å². The van der Waals surface area contributed by atoms with Crippen LogP contribution in [0.2, 0.25) is 5.02 Å². The van der Waals surface area contributed by atoms with E-state index in [1.165, 1.54) is 6.07 Å². The van der Waals surface area contributed by atoms with Gasteiger partial charge in [0.15, 0.2) is 0 Å². The van der Waals surface area contributed by atoms with Crippen LogP contribution in [0.4, 0.5) is 4.39 Å². The summed E-state index contributed by atoms with van der Waals surface area (Å²) < 4.78 is 18.9. The summed E-state index contributed by atoms with van der Waals surface area (Å²) in [5, 5.41) is 0.608. The molecule has 0 fully saturated rings. The number of halogens is 2. The van der Waals surface area contributed by atoms with Gasteiger partial charge in [-0.3, -0.25) is 0 Å². The zero-order valence-electron chi connectivity index (χ0n) is 10.6. The lowest BCUT2D eigenvalue weighted by atomic mass is 9.98. The second kappa shape index (κ2) is 6.04. The first-order chi connectivity index (χ1) is 9.11. The molecule has 1 unspecified atom stereocenters. The van der Waals surface area contributed by atoms with Crippen LogP contribution in [0, 0.1) is 5.82 Å². The average Bonchev–Trinajstić information content (AvgIpc) is 2.39. The Bertz CT molecular complexity index is 574. The molecule has 0 spiro atoms. The Hall–Kier alpha value is -1.58. The SMILES string of the molecule is COc1ccc(Cl)cc1CC(N)c1ccccc1F. The largest absolute Gasteiger partial charge is 0.496 e. The molecular weight excluding hydrogens is 265 g/mol. The molecule has 0 aliphatic heterocycles. The van der Waals surface area contributed by atoms with Crippen molar-refractivity contribution < 1.29 is 9.13 Å². The maximum atomic E-state index is 13.7. The van der Waals surface area contributed by atoms with Crippen LogP contribution in [0.15, 0.2) is 42.5 Å². The highest BCUT2D eigenvalue weighted by molar-refractivity contribution is 6.30. The first-order valence-electron chi connectivity index (χ1n) is 5.94. The molecule has 0 aromatic heterocycles. The molecular formula is C15H15ClFNO. The molecule has 2 rings (SSSR count). The van der Waals surface area contributed by atoms with Crippen molar-refractivity contribution in [3.05, 3.63) is 64.4 Å². The van der Waals surface area contributed by atoms with Crippen molar-refractivity contribution in [3.8, 4) is 5.75 Å². The summed E-state index contributed by atoms with van der Waals surface area (Å²) in [7, 11) is 1.58. The highest BCUT2D eigenvalue weighted by Crippen LogP contribution is 2.27. The zero-order chi connectivity index (χ0) is 13.8. The first kappa shape index (κ1) is 13.8. The Kier molecular flexibility index (Phi) is 4.40. The van der Waals surface area contributed by atoms with Gasteiger partial charge < -0.3 is 10.5 Å². The second-order valence-electron chi connectivity index (χ2n) is 4.29. The summed E-state index contributed by atoms with van der Waals surface area (Å²) >= 11 is 5.96. The van der Waals surface area contributed by atoms with E-state index in [1.807, 2.05) is 0 Å². The number of methoxy groups -OCH3 is 1. The molecule has 2 N–H and O–H groups in total. The van der Waals surface area contributed by atoms with Gasteiger partial charge in [0, 0.05) is 16.6 Å². The zero-order valence-corrected chi connectivity index (χ0v) is 11.3. The molecule has 2 nitrogen and oxygen atoms in total. The number of benzene rings is 2. The monoisotopic (exact) mass is 279 g/mol. The fourth-order valence-corrected chi connectivity index (χ4v) is 2.22. The molecule has 0 saturated heterocycles. The van der Waals surface area contributed by atoms with Crippen molar-refractivity contribution >= 4 is 11.6 Å². The average molecular weight is 280 g/mol. The van der Waals surface area contributed by atoms with Crippen LogP contribution in [0.25, 0.3) is 0 Å². The van der Waals surface area contributed by atoms with Gasteiger partial charge in [0.2, 0.25) is 0 Å². The maximum Gasteiger partial charge on any atom is 0.127 e. The molecule has 0 amide bonds. The van der Waals surface area contributed by atoms with Crippen molar-refractivity contribution in [3.63, 3.8) is 0 Å². The number of ether oxygens (including phenoxy) is 1. The number of nitrogens with two attached hydrogens (primary N) is 1. The molecule has 2 aromatic carbocycles. The van der Waals surface area contributed by atoms with E-state index >= 15 is 0 Å². The molecule has 0 radical (unpaired) electrons. The number of rotatable bonds is 4. The minimum Gasteiger partial charge on any atom is -0.496 e. The van der Waals surface area contributed by atoms with Crippen LogP contribution >= 0.6 is 11.6 Å². The van der Waals surface area contributed by atoms with Crippen molar-refractivity contribution in [2.24, 2.45) is 5.73 Å². The third kappa shape index (κ3) is 3.25. The summed E-state index contributed by atoms with van der Waals surface area (Å²) in [4.78, 5) is 0. The van der Waals surface area contributed by atoms with E-state index in [1.54, 1.807) is 43.5 Å². The van der Waals surface area contributed by atoms with Crippen LogP contribution in [0.1, 0.15) is 17.2 Å². The molecule has 0 aliphatic rings. The summed E-state index contributed by atoms with van der Waals surface area (Å²) in [5.41, 5.74) is 7.42. The van der Waals surface area contributed by atoms with E-state index in [4.69, 9.17) is 22.1 Å². The Morgan fingerprint density at radius 2 is 2.00 bits per heavy atom. The molecule has 0 aliphatic carbocycles. The van der Waals surface area contributed by atoms with Crippen molar-refractivity contribution in [2.75, 3.05) is 7.11 Å². The minimum atomic E-state index is -0.437. The molecule has 2 aromatic rings. The van der Waals surface area contributed by atoms with E-state index in [0.29, 0.717) is 22.8 Å². The van der Waals surface area contributed by atoms with E-state index in [9.17, 15) is 4.39 Å². The number of hydrogen-bond donors (Lipinski definition) is 1. The lowest BCUT2D eigenvalue weighted by Crippen LogP contribution is -2.15. The molecule has 0 bridgehead atoms. The lowest BCUT2D eigenvalue weighted by molar-refractivity contribution is 0.408. The van der Waals surface area contributed by atoms with Crippen LogP contribution in [0.5, 0.6) is 5.75 Å². The quantitative estimate of drug-likeness (QED) is 0.925. The van der Waals surface area contributed by atoms with Gasteiger partial charge in [-0.2, -0.15) is 0 Å². The fourth-order valence-electron chi connectivity index (χ4n) is 2.03. The Morgan fingerprint density at radius 1 is 1.26 bits per heavy atom. The van der Waals surface area contributed by atoms with Gasteiger partial charge in [0.05, 0.1) is 7.11 Å². The summed E-state index contributed by atoms with van der Waals surface area (Å²) in [6, 6.07) is 11.4. The first-order valence-corrected chi connectivity index (χ1v) is 6.32. The summed E-state index contributed by atoms with van der Waals surface area (Å²) in [6.07, 6.45) is 0.463. The number of hydrogen-bond acceptors (Lipinski definition) is 2. The van der Waals surface area contributed by atoms with E-state index in [2.05, 4.69) is 0 Å². The van der Waals surface area contributed by atoms with E-state index in [0.717, 1.165) is 5.56 Å². The second-order valence-corrected chi connectivity index (χ2v) is 4.72. The van der Waals surface area contributed by atoms with Gasteiger partial charge in [0.1, 0.15) is 11.6 Å². The van der Waals surface area contributed by atoms with Crippen molar-refractivity contribution in [2.45, 2.75) is 12.5 Å². The van der Waals surface area contributed by atoms with Crippen LogP contribution in [-0.4, -0.2) is 7.11 Å². The Balaban J connectivity index is 2.26. The third-order valence-electron chi connectivity index (χ3n) is 2.99. The molecule has 0 heterocycles. The molecule has 4 heteroatoms. The molecule has 0 saturated carbocycles. The Morgan fingerprint density at radius 3 is 2.68 bits per heavy atom. The lowest BCUT2D eigenvalue weighted by Gasteiger charge is -2.15. The van der Waals surface area contributed by atoms with Crippen LogP contribution in [-0.2, 0) is 6.42 Å². The standard InChI is InChI=1S/C15H15ClFNO/c1-19-15-7-6-11(16)8-10(15)9-14(18)12-4-2-3-5-13(12)17/h2-8,14H,9,18H2,1H3. The van der Waals surface area contributed by atoms with Gasteiger partial charge in [-0.1, -0.05) is 29.8 Å². The van der Waals surface area contributed by atoms with Crippen LogP contribution < -0.4 is 10.5 Å². The molecule has 100 valence electrons. The Labute approximate surface area is 117 Å². The van der Waals surface area contributed by atoms with Gasteiger partial charge in [-0.05, 0) is 36.2 Å². The molecule has 1 atom stereocenters. The normalized spacial score (nSPS) is 12.2. The van der Waals surface area contributed by atoms with Gasteiger partial charge in [-0.15, -0.1) is 0 Å². The smallest absolute Gasteiger partial charge is 0.127 e. The topological polar surface area (TPSA) is 35.2 Å². The van der Waals surface area contributed by atoms with Crippen molar-refractivity contribution in [1.82, 2.24) is 0 Å².